The maximum atomic E-state index is 12.8. The summed E-state index contributed by atoms with van der Waals surface area (Å²) >= 11 is 0. The molecule has 1 unspecified atom stereocenters. The summed E-state index contributed by atoms with van der Waals surface area (Å²) in [6.07, 6.45) is 3.58. The van der Waals surface area contributed by atoms with Crippen LogP contribution in [0.15, 0.2) is 18.3 Å². The number of likely N-dealkylation sites (N-methyl/N-ethyl adjacent to an activating group) is 1. The van der Waals surface area contributed by atoms with E-state index in [1.165, 1.54) is 13.1 Å². The van der Waals surface area contributed by atoms with Crippen LogP contribution in [-0.4, -0.2) is 95.1 Å². The van der Waals surface area contributed by atoms with Crippen LogP contribution in [0.2, 0.25) is 0 Å². The standard InChI is InChI=1S/C20H31N5O3/c1-16(26)22-18-5-4-17(14-21-18)19(27)25-8-3-6-20(28,7-9-25)15-24-12-10-23(2)11-13-24/h4-5,14,28H,3,6-13,15H2,1-2H3,(H,21,22,26). The van der Waals surface area contributed by atoms with Crippen LogP contribution in [0.3, 0.4) is 0 Å². The lowest BCUT2D eigenvalue weighted by Crippen LogP contribution is -2.51. The normalized spacial score (nSPS) is 24.6. The van der Waals surface area contributed by atoms with E-state index in [1.807, 2.05) is 0 Å². The molecule has 2 amide bonds. The molecule has 0 radical (unpaired) electrons. The van der Waals surface area contributed by atoms with Crippen molar-refractivity contribution in [2.45, 2.75) is 31.8 Å². The van der Waals surface area contributed by atoms with Gasteiger partial charge in [0.25, 0.3) is 5.91 Å². The number of carbonyl (C=O) groups is 2. The lowest BCUT2D eigenvalue weighted by atomic mass is 9.94. The van der Waals surface area contributed by atoms with Crippen LogP contribution < -0.4 is 5.32 Å². The van der Waals surface area contributed by atoms with Gasteiger partial charge in [-0.15, -0.1) is 0 Å². The Hall–Kier alpha value is -2.03. The molecule has 2 saturated heterocycles. The summed E-state index contributed by atoms with van der Waals surface area (Å²) in [6.45, 7) is 7.29. The Morgan fingerprint density at radius 3 is 2.54 bits per heavy atom. The SMILES string of the molecule is CC(=O)Nc1ccc(C(=O)N2CCCC(O)(CN3CCN(C)CC3)CC2)cn1. The predicted molar refractivity (Wildman–Crippen MR) is 107 cm³/mol. The van der Waals surface area contributed by atoms with Gasteiger partial charge in [0.1, 0.15) is 5.82 Å². The van der Waals surface area contributed by atoms with Crippen LogP contribution in [0.5, 0.6) is 0 Å². The van der Waals surface area contributed by atoms with E-state index < -0.39 is 5.60 Å². The van der Waals surface area contributed by atoms with Gasteiger partial charge in [0.2, 0.25) is 5.91 Å². The summed E-state index contributed by atoms with van der Waals surface area (Å²) in [5.41, 5.74) is -0.239. The molecule has 0 aromatic carbocycles. The molecule has 8 nitrogen and oxygen atoms in total. The molecule has 2 aliphatic heterocycles. The summed E-state index contributed by atoms with van der Waals surface area (Å²) in [6, 6.07) is 3.32. The smallest absolute Gasteiger partial charge is 0.255 e. The first-order valence-electron chi connectivity index (χ1n) is 10.0. The fourth-order valence-corrected chi connectivity index (χ4v) is 3.92. The quantitative estimate of drug-likeness (QED) is 0.786. The highest BCUT2D eigenvalue weighted by Gasteiger charge is 2.34. The minimum atomic E-state index is -0.738. The minimum Gasteiger partial charge on any atom is -0.388 e. The molecular weight excluding hydrogens is 358 g/mol. The summed E-state index contributed by atoms with van der Waals surface area (Å²) in [5.74, 6) is 0.158. The topological polar surface area (TPSA) is 89.0 Å². The highest BCUT2D eigenvalue weighted by molar-refractivity contribution is 5.94. The Kier molecular flexibility index (Phi) is 6.64. The van der Waals surface area contributed by atoms with Gasteiger partial charge in [-0.1, -0.05) is 0 Å². The van der Waals surface area contributed by atoms with Crippen molar-refractivity contribution in [2.24, 2.45) is 0 Å². The van der Waals surface area contributed by atoms with Gasteiger partial charge in [0.05, 0.1) is 11.2 Å². The van der Waals surface area contributed by atoms with E-state index in [9.17, 15) is 14.7 Å². The molecule has 2 N–H and O–H groups in total. The van der Waals surface area contributed by atoms with Gasteiger partial charge in [-0.05, 0) is 38.4 Å². The molecule has 0 aliphatic carbocycles. The van der Waals surface area contributed by atoms with Gasteiger partial charge < -0.3 is 20.2 Å². The second kappa shape index (κ2) is 8.98. The molecule has 1 aromatic rings. The summed E-state index contributed by atoms with van der Waals surface area (Å²) in [4.78, 5) is 34.5. The van der Waals surface area contributed by atoms with Crippen LogP contribution in [0.1, 0.15) is 36.5 Å². The molecule has 1 atom stereocenters. The first kappa shape index (κ1) is 20.7. The van der Waals surface area contributed by atoms with Gasteiger partial charge >= 0.3 is 0 Å². The number of aromatic nitrogens is 1. The van der Waals surface area contributed by atoms with E-state index in [4.69, 9.17) is 0 Å². The predicted octanol–water partition coefficient (Wildman–Crippen LogP) is 0.645. The molecule has 2 fully saturated rings. The number of hydrogen-bond acceptors (Lipinski definition) is 6. The first-order valence-corrected chi connectivity index (χ1v) is 10.0. The molecule has 154 valence electrons. The van der Waals surface area contributed by atoms with Crippen LogP contribution in [0.25, 0.3) is 0 Å². The number of carbonyl (C=O) groups excluding carboxylic acids is 2. The van der Waals surface area contributed by atoms with Crippen molar-refractivity contribution in [3.05, 3.63) is 23.9 Å². The van der Waals surface area contributed by atoms with Crippen molar-refractivity contribution >= 4 is 17.6 Å². The number of piperazine rings is 1. The summed E-state index contributed by atoms with van der Waals surface area (Å²) < 4.78 is 0. The highest BCUT2D eigenvalue weighted by Crippen LogP contribution is 2.25. The Bertz CT molecular complexity index is 688. The number of rotatable bonds is 4. The summed E-state index contributed by atoms with van der Waals surface area (Å²) in [7, 11) is 2.12. The number of anilines is 1. The van der Waals surface area contributed by atoms with Gasteiger partial charge in [0.15, 0.2) is 0 Å². The second-order valence-corrected chi connectivity index (χ2v) is 8.06. The fraction of sp³-hybridized carbons (Fsp3) is 0.650. The highest BCUT2D eigenvalue weighted by atomic mass is 16.3. The van der Waals surface area contributed by atoms with Crippen molar-refractivity contribution in [3.8, 4) is 0 Å². The van der Waals surface area contributed by atoms with Crippen LogP contribution in [0, 0.1) is 0 Å². The largest absolute Gasteiger partial charge is 0.388 e. The molecule has 1 aromatic heterocycles. The zero-order valence-corrected chi connectivity index (χ0v) is 16.9. The molecule has 8 heteroatoms. The number of aliphatic hydroxyl groups is 1. The first-order chi connectivity index (χ1) is 13.3. The van der Waals surface area contributed by atoms with Crippen molar-refractivity contribution < 1.29 is 14.7 Å². The minimum absolute atomic E-state index is 0.0780. The van der Waals surface area contributed by atoms with Gasteiger partial charge in [-0.3, -0.25) is 14.5 Å². The van der Waals surface area contributed by atoms with E-state index in [0.717, 1.165) is 32.6 Å². The average molecular weight is 390 g/mol. The van der Waals surface area contributed by atoms with Gasteiger partial charge in [0, 0.05) is 58.9 Å². The molecular formula is C20H31N5O3. The van der Waals surface area contributed by atoms with E-state index in [2.05, 4.69) is 27.1 Å². The van der Waals surface area contributed by atoms with Crippen LogP contribution in [-0.2, 0) is 4.79 Å². The summed E-state index contributed by atoms with van der Waals surface area (Å²) in [5, 5.41) is 13.7. The van der Waals surface area contributed by atoms with E-state index in [-0.39, 0.29) is 11.8 Å². The number of likely N-dealkylation sites (tertiary alicyclic amines) is 1. The molecule has 0 saturated carbocycles. The van der Waals surface area contributed by atoms with Crippen molar-refractivity contribution in [1.82, 2.24) is 19.7 Å². The van der Waals surface area contributed by atoms with Crippen LogP contribution >= 0.6 is 0 Å². The molecule has 3 heterocycles. The monoisotopic (exact) mass is 389 g/mol. The third-order valence-electron chi connectivity index (χ3n) is 5.63. The third kappa shape index (κ3) is 5.50. The van der Waals surface area contributed by atoms with Crippen molar-refractivity contribution in [3.63, 3.8) is 0 Å². The van der Waals surface area contributed by atoms with Crippen molar-refractivity contribution in [2.75, 3.05) is 58.2 Å². The molecule has 0 spiro atoms. The Balaban J connectivity index is 1.56. The number of hydrogen-bond donors (Lipinski definition) is 2. The molecule has 0 bridgehead atoms. The lowest BCUT2D eigenvalue weighted by Gasteiger charge is -2.38. The average Bonchev–Trinajstić information content (AvgIpc) is 2.85. The number of amides is 2. The molecule has 2 aliphatic rings. The lowest BCUT2D eigenvalue weighted by molar-refractivity contribution is -0.114. The molecule has 28 heavy (non-hydrogen) atoms. The molecule has 3 rings (SSSR count). The van der Waals surface area contributed by atoms with Gasteiger partial charge in [-0.25, -0.2) is 4.98 Å². The Morgan fingerprint density at radius 1 is 1.14 bits per heavy atom. The maximum absolute atomic E-state index is 12.8. The zero-order valence-electron chi connectivity index (χ0n) is 16.9. The van der Waals surface area contributed by atoms with Crippen molar-refractivity contribution in [1.29, 1.82) is 0 Å². The fourth-order valence-electron chi connectivity index (χ4n) is 3.92. The zero-order chi connectivity index (χ0) is 20.1. The number of pyridine rings is 1. The maximum Gasteiger partial charge on any atom is 0.255 e. The third-order valence-corrected chi connectivity index (χ3v) is 5.63. The Morgan fingerprint density at radius 2 is 1.89 bits per heavy atom. The van der Waals surface area contributed by atoms with E-state index in [0.29, 0.717) is 43.9 Å². The van der Waals surface area contributed by atoms with Gasteiger partial charge in [-0.2, -0.15) is 0 Å². The number of nitrogens with zero attached hydrogens (tertiary/aromatic N) is 4. The van der Waals surface area contributed by atoms with E-state index in [1.54, 1.807) is 17.0 Å². The van der Waals surface area contributed by atoms with Crippen LogP contribution in [0.4, 0.5) is 5.82 Å². The van der Waals surface area contributed by atoms with E-state index >= 15 is 0 Å². The second-order valence-electron chi connectivity index (χ2n) is 8.06. The Labute approximate surface area is 166 Å². The number of β-amino-alcohol motifs (C(OH)–C–C–N with tert-alkyl or cyclic N) is 1. The number of nitrogens with one attached hydrogen (secondary N) is 1.